The van der Waals surface area contributed by atoms with E-state index in [4.69, 9.17) is 0 Å². The number of nitrogens with zero attached hydrogens (tertiary/aromatic N) is 3. The Bertz CT molecular complexity index is 796. The highest BCUT2D eigenvalue weighted by atomic mass is 32.1. The number of carbonyl (C=O) groups is 2. The maximum absolute atomic E-state index is 13.0. The second kappa shape index (κ2) is 7.78. The highest BCUT2D eigenvalue weighted by Gasteiger charge is 2.50. The molecule has 6 nitrogen and oxygen atoms in total. The van der Waals surface area contributed by atoms with Crippen molar-refractivity contribution in [3.63, 3.8) is 0 Å². The van der Waals surface area contributed by atoms with Crippen LogP contribution in [0.5, 0.6) is 0 Å². The van der Waals surface area contributed by atoms with Gasteiger partial charge in [0.1, 0.15) is 0 Å². The van der Waals surface area contributed by atoms with E-state index in [0.29, 0.717) is 26.2 Å². The molecule has 4 heterocycles. The monoisotopic (exact) mass is 384 g/mol. The lowest BCUT2D eigenvalue weighted by molar-refractivity contribution is -0.136. The molecule has 1 spiro atoms. The van der Waals surface area contributed by atoms with Crippen molar-refractivity contribution in [1.29, 1.82) is 0 Å². The summed E-state index contributed by atoms with van der Waals surface area (Å²) in [5, 5.41) is 4.98. The van der Waals surface area contributed by atoms with E-state index >= 15 is 0 Å². The second-order valence-electron chi connectivity index (χ2n) is 7.39. The number of amides is 2. The van der Waals surface area contributed by atoms with Crippen molar-refractivity contribution in [3.05, 3.63) is 52.5 Å². The molecule has 1 N–H and O–H groups in total. The van der Waals surface area contributed by atoms with Crippen LogP contribution in [0.3, 0.4) is 0 Å². The van der Waals surface area contributed by atoms with Gasteiger partial charge < -0.3 is 10.2 Å². The standard InChI is InChI=1S/C20H24N4O2S/c25-18(22-12-17-5-3-11-27-17)14-23-9-6-20(15-23)7-10-24(19(20)26)13-16-4-1-2-8-21-16/h1-5,8,11H,6-7,9-10,12-15H2,(H,22,25). The number of likely N-dealkylation sites (tertiary alicyclic amines) is 2. The summed E-state index contributed by atoms with van der Waals surface area (Å²) in [7, 11) is 0. The van der Waals surface area contributed by atoms with Gasteiger partial charge in [0.2, 0.25) is 11.8 Å². The van der Waals surface area contributed by atoms with E-state index in [1.807, 2.05) is 40.6 Å². The number of hydrogen-bond donors (Lipinski definition) is 1. The number of carbonyl (C=O) groups excluding carboxylic acids is 2. The zero-order chi connectivity index (χ0) is 18.7. The summed E-state index contributed by atoms with van der Waals surface area (Å²) in [5.41, 5.74) is 0.605. The number of pyridine rings is 1. The first-order valence-corrected chi connectivity index (χ1v) is 10.2. The van der Waals surface area contributed by atoms with Crippen LogP contribution in [0.2, 0.25) is 0 Å². The minimum Gasteiger partial charge on any atom is -0.350 e. The summed E-state index contributed by atoms with van der Waals surface area (Å²) in [6.45, 7) is 3.76. The number of rotatable bonds is 6. The van der Waals surface area contributed by atoms with Crippen molar-refractivity contribution in [3.8, 4) is 0 Å². The summed E-state index contributed by atoms with van der Waals surface area (Å²) in [6, 6.07) is 9.79. The van der Waals surface area contributed by atoms with Gasteiger partial charge >= 0.3 is 0 Å². The average molecular weight is 385 g/mol. The van der Waals surface area contributed by atoms with Gasteiger partial charge in [-0.1, -0.05) is 12.1 Å². The third kappa shape index (κ3) is 4.04. The summed E-state index contributed by atoms with van der Waals surface area (Å²) in [6.07, 6.45) is 3.46. The van der Waals surface area contributed by atoms with Gasteiger partial charge in [0, 0.05) is 24.2 Å². The Labute approximate surface area is 163 Å². The molecule has 1 unspecified atom stereocenters. The second-order valence-corrected chi connectivity index (χ2v) is 8.43. The van der Waals surface area contributed by atoms with Crippen molar-refractivity contribution in [2.24, 2.45) is 5.41 Å². The molecule has 142 valence electrons. The maximum atomic E-state index is 13.0. The number of hydrogen-bond acceptors (Lipinski definition) is 5. The van der Waals surface area contributed by atoms with E-state index in [1.54, 1.807) is 17.5 Å². The molecule has 0 bridgehead atoms. The topological polar surface area (TPSA) is 65.5 Å². The van der Waals surface area contributed by atoms with Crippen LogP contribution in [0.25, 0.3) is 0 Å². The molecule has 2 aliphatic rings. The highest BCUT2D eigenvalue weighted by Crippen LogP contribution is 2.40. The largest absolute Gasteiger partial charge is 0.350 e. The fourth-order valence-electron chi connectivity index (χ4n) is 4.06. The van der Waals surface area contributed by atoms with Crippen LogP contribution in [0.4, 0.5) is 0 Å². The first-order valence-electron chi connectivity index (χ1n) is 9.35. The molecular weight excluding hydrogens is 360 g/mol. The molecule has 0 radical (unpaired) electrons. The summed E-state index contributed by atoms with van der Waals surface area (Å²) < 4.78 is 0. The molecule has 0 aromatic carbocycles. The predicted molar refractivity (Wildman–Crippen MR) is 104 cm³/mol. The fraction of sp³-hybridized carbons (Fsp3) is 0.450. The maximum Gasteiger partial charge on any atom is 0.234 e. The SMILES string of the molecule is O=C(CN1CCC2(CCN(Cc3ccccn3)C2=O)C1)NCc1cccs1. The Morgan fingerprint density at radius 1 is 1.22 bits per heavy atom. The van der Waals surface area contributed by atoms with Gasteiger partial charge in [-0.25, -0.2) is 0 Å². The van der Waals surface area contributed by atoms with Crippen LogP contribution >= 0.6 is 11.3 Å². The first-order chi connectivity index (χ1) is 13.1. The van der Waals surface area contributed by atoms with E-state index in [9.17, 15) is 9.59 Å². The van der Waals surface area contributed by atoms with E-state index in [2.05, 4.69) is 15.2 Å². The van der Waals surface area contributed by atoms with Gasteiger partial charge in [-0.3, -0.25) is 19.5 Å². The molecule has 2 fully saturated rings. The van der Waals surface area contributed by atoms with E-state index in [-0.39, 0.29) is 17.2 Å². The Morgan fingerprint density at radius 3 is 2.89 bits per heavy atom. The van der Waals surface area contributed by atoms with Crippen molar-refractivity contribution in [1.82, 2.24) is 20.1 Å². The van der Waals surface area contributed by atoms with Crippen molar-refractivity contribution in [2.75, 3.05) is 26.2 Å². The van der Waals surface area contributed by atoms with Crippen LogP contribution in [0.1, 0.15) is 23.4 Å². The summed E-state index contributed by atoms with van der Waals surface area (Å²) in [4.78, 5) is 34.8. The van der Waals surface area contributed by atoms with E-state index in [1.165, 1.54) is 0 Å². The molecule has 2 aromatic heterocycles. The number of nitrogens with one attached hydrogen (secondary N) is 1. The number of aromatic nitrogens is 1. The predicted octanol–water partition coefficient (Wildman–Crippen LogP) is 1.88. The minimum atomic E-state index is -0.317. The Hall–Kier alpha value is -2.25. The minimum absolute atomic E-state index is 0.0243. The lowest BCUT2D eigenvalue weighted by Crippen LogP contribution is -2.39. The smallest absolute Gasteiger partial charge is 0.234 e. The van der Waals surface area contributed by atoms with Gasteiger partial charge in [0.15, 0.2) is 0 Å². The van der Waals surface area contributed by atoms with Crippen molar-refractivity contribution in [2.45, 2.75) is 25.9 Å². The summed E-state index contributed by atoms with van der Waals surface area (Å²) >= 11 is 1.64. The molecule has 4 rings (SSSR count). The summed E-state index contributed by atoms with van der Waals surface area (Å²) in [5.74, 6) is 0.242. The molecule has 2 amide bonds. The van der Waals surface area contributed by atoms with E-state index in [0.717, 1.165) is 36.5 Å². The molecule has 27 heavy (non-hydrogen) atoms. The Kier molecular flexibility index (Phi) is 5.22. The van der Waals surface area contributed by atoms with Gasteiger partial charge in [0.05, 0.1) is 30.7 Å². The van der Waals surface area contributed by atoms with Crippen LogP contribution < -0.4 is 5.32 Å². The molecule has 7 heteroatoms. The van der Waals surface area contributed by atoms with E-state index < -0.39 is 0 Å². The normalized spacial score (nSPS) is 22.7. The zero-order valence-electron chi connectivity index (χ0n) is 15.3. The van der Waals surface area contributed by atoms with Gasteiger partial charge in [0.25, 0.3) is 0 Å². The van der Waals surface area contributed by atoms with Crippen molar-refractivity contribution >= 4 is 23.2 Å². The van der Waals surface area contributed by atoms with Crippen molar-refractivity contribution < 1.29 is 9.59 Å². The molecular formula is C20H24N4O2S. The lowest BCUT2D eigenvalue weighted by atomic mass is 9.85. The lowest BCUT2D eigenvalue weighted by Gasteiger charge is -2.23. The van der Waals surface area contributed by atoms with Gasteiger partial charge in [-0.2, -0.15) is 0 Å². The van der Waals surface area contributed by atoms with Crippen LogP contribution in [-0.2, 0) is 22.7 Å². The van der Waals surface area contributed by atoms with Crippen LogP contribution in [-0.4, -0.2) is 52.8 Å². The number of thiophene rings is 1. The Morgan fingerprint density at radius 2 is 2.11 bits per heavy atom. The van der Waals surface area contributed by atoms with Crippen LogP contribution in [0, 0.1) is 5.41 Å². The van der Waals surface area contributed by atoms with Crippen LogP contribution in [0.15, 0.2) is 41.9 Å². The average Bonchev–Trinajstić information content (AvgIpc) is 3.40. The third-order valence-electron chi connectivity index (χ3n) is 5.52. The first kappa shape index (κ1) is 18.1. The fourth-order valence-corrected chi connectivity index (χ4v) is 4.71. The Balaban J connectivity index is 1.29. The molecule has 2 aromatic rings. The molecule has 0 saturated carbocycles. The molecule has 0 aliphatic carbocycles. The van der Waals surface area contributed by atoms with Gasteiger partial charge in [-0.15, -0.1) is 11.3 Å². The quantitative estimate of drug-likeness (QED) is 0.826. The molecule has 2 saturated heterocycles. The molecule has 1 atom stereocenters. The third-order valence-corrected chi connectivity index (χ3v) is 6.40. The zero-order valence-corrected chi connectivity index (χ0v) is 16.1. The highest BCUT2D eigenvalue weighted by molar-refractivity contribution is 7.09. The van der Waals surface area contributed by atoms with Gasteiger partial charge in [-0.05, 0) is 43.0 Å². The molecule has 2 aliphatic heterocycles.